The van der Waals surface area contributed by atoms with Gasteiger partial charge in [-0.25, -0.2) is 0 Å². The van der Waals surface area contributed by atoms with E-state index in [0.717, 1.165) is 23.7 Å². The molecule has 0 bridgehead atoms. The molecule has 0 N–H and O–H groups in total. The minimum Gasteiger partial charge on any atom is -0.299 e. The molecule has 0 heterocycles. The molecule has 3 saturated carbocycles. The third kappa shape index (κ3) is 2.57. The molecule has 0 aliphatic heterocycles. The summed E-state index contributed by atoms with van der Waals surface area (Å²) in [5.74, 6) is 4.91. The zero-order valence-corrected chi connectivity index (χ0v) is 13.4. The van der Waals surface area contributed by atoms with Crippen molar-refractivity contribution in [3.63, 3.8) is 0 Å². The van der Waals surface area contributed by atoms with Crippen molar-refractivity contribution in [3.8, 4) is 0 Å². The van der Waals surface area contributed by atoms with E-state index >= 15 is 0 Å². The van der Waals surface area contributed by atoms with E-state index in [-0.39, 0.29) is 0 Å². The fraction of sp³-hybridized carbons (Fsp3) is 0.947. The van der Waals surface area contributed by atoms with Gasteiger partial charge in [0.2, 0.25) is 0 Å². The molecule has 3 rings (SSSR count). The number of ketones is 1. The summed E-state index contributed by atoms with van der Waals surface area (Å²) in [6, 6.07) is 0. The predicted molar refractivity (Wildman–Crippen MR) is 83.5 cm³/mol. The summed E-state index contributed by atoms with van der Waals surface area (Å²) in [5.41, 5.74) is 0. The van der Waals surface area contributed by atoms with Crippen LogP contribution in [0.1, 0.15) is 78.1 Å². The lowest BCUT2D eigenvalue weighted by Crippen LogP contribution is -2.28. The SMILES string of the molecule is CCCC1CCC2C(C1)C(=O)C1CC(CCC)CCC12. The molecule has 3 aliphatic carbocycles. The smallest absolute Gasteiger partial charge is 0.139 e. The third-order valence-corrected chi connectivity index (χ3v) is 6.70. The molecule has 0 aromatic heterocycles. The van der Waals surface area contributed by atoms with Gasteiger partial charge in [0.05, 0.1) is 0 Å². The first-order valence-electron chi connectivity index (χ1n) is 9.28. The summed E-state index contributed by atoms with van der Waals surface area (Å²) < 4.78 is 0. The summed E-state index contributed by atoms with van der Waals surface area (Å²) in [6.45, 7) is 4.58. The normalized spacial score (nSPS) is 44.2. The fourth-order valence-corrected chi connectivity index (χ4v) is 5.86. The Morgan fingerprint density at radius 1 is 0.800 bits per heavy atom. The second-order valence-electron chi connectivity index (χ2n) is 7.88. The third-order valence-electron chi connectivity index (χ3n) is 6.70. The highest BCUT2D eigenvalue weighted by molar-refractivity contribution is 5.86. The molecule has 0 amide bonds. The minimum atomic E-state index is 0.468. The molecule has 0 spiro atoms. The van der Waals surface area contributed by atoms with Gasteiger partial charge in [0.25, 0.3) is 0 Å². The number of Topliss-reactive ketones (excluding diaryl/α,β-unsaturated/α-hetero) is 1. The minimum absolute atomic E-state index is 0.468. The molecule has 6 unspecified atom stereocenters. The highest BCUT2D eigenvalue weighted by Gasteiger charge is 2.52. The van der Waals surface area contributed by atoms with Crippen LogP contribution in [0.5, 0.6) is 0 Å². The van der Waals surface area contributed by atoms with Gasteiger partial charge in [-0.2, -0.15) is 0 Å². The van der Waals surface area contributed by atoms with Crippen molar-refractivity contribution in [1.29, 1.82) is 0 Å². The van der Waals surface area contributed by atoms with Gasteiger partial charge >= 0.3 is 0 Å². The van der Waals surface area contributed by atoms with Gasteiger partial charge in [-0.1, -0.05) is 52.4 Å². The van der Waals surface area contributed by atoms with Crippen molar-refractivity contribution in [1.82, 2.24) is 0 Å². The Balaban J connectivity index is 1.67. The van der Waals surface area contributed by atoms with Gasteiger partial charge < -0.3 is 0 Å². The van der Waals surface area contributed by atoms with E-state index in [1.165, 1.54) is 64.2 Å². The standard InChI is InChI=1S/C19H32O/c1-3-5-13-7-9-15-16-10-8-14(6-4-2)12-18(16)19(20)17(15)11-13/h13-18H,3-12H2,1-2H3. The van der Waals surface area contributed by atoms with E-state index < -0.39 is 0 Å². The van der Waals surface area contributed by atoms with Gasteiger partial charge in [0.15, 0.2) is 0 Å². The average Bonchev–Trinajstić information content (AvgIpc) is 2.73. The maximum atomic E-state index is 12.9. The van der Waals surface area contributed by atoms with Gasteiger partial charge in [0.1, 0.15) is 5.78 Å². The highest BCUT2D eigenvalue weighted by atomic mass is 16.1. The summed E-state index contributed by atoms with van der Waals surface area (Å²) >= 11 is 0. The Morgan fingerprint density at radius 3 is 1.65 bits per heavy atom. The monoisotopic (exact) mass is 276 g/mol. The first-order chi connectivity index (χ1) is 9.74. The molecule has 114 valence electrons. The molecule has 0 radical (unpaired) electrons. The van der Waals surface area contributed by atoms with Gasteiger partial charge in [-0.15, -0.1) is 0 Å². The lowest BCUT2D eigenvalue weighted by molar-refractivity contribution is -0.126. The van der Waals surface area contributed by atoms with Crippen LogP contribution in [0.25, 0.3) is 0 Å². The Hall–Kier alpha value is -0.330. The highest BCUT2D eigenvalue weighted by Crippen LogP contribution is 2.55. The Kier molecular flexibility index (Phi) is 4.52. The Bertz CT molecular complexity index is 316. The Labute approximate surface area is 124 Å². The molecule has 0 aromatic carbocycles. The summed E-state index contributed by atoms with van der Waals surface area (Å²) in [5, 5.41) is 0. The van der Waals surface area contributed by atoms with Crippen LogP contribution in [0, 0.1) is 35.5 Å². The van der Waals surface area contributed by atoms with E-state index in [1.54, 1.807) is 0 Å². The first-order valence-corrected chi connectivity index (χ1v) is 9.28. The number of rotatable bonds is 4. The van der Waals surface area contributed by atoms with Crippen LogP contribution in [0.15, 0.2) is 0 Å². The largest absolute Gasteiger partial charge is 0.299 e. The zero-order valence-electron chi connectivity index (χ0n) is 13.4. The lowest BCUT2D eigenvalue weighted by Gasteiger charge is -2.36. The van der Waals surface area contributed by atoms with Crippen molar-refractivity contribution in [3.05, 3.63) is 0 Å². The van der Waals surface area contributed by atoms with Crippen LogP contribution >= 0.6 is 0 Å². The van der Waals surface area contributed by atoms with Crippen molar-refractivity contribution in [2.45, 2.75) is 78.1 Å². The zero-order chi connectivity index (χ0) is 14.1. The number of carbonyl (C=O) groups is 1. The van der Waals surface area contributed by atoms with Crippen LogP contribution in [-0.2, 0) is 4.79 Å². The van der Waals surface area contributed by atoms with E-state index in [2.05, 4.69) is 13.8 Å². The molecule has 3 aliphatic rings. The van der Waals surface area contributed by atoms with E-state index in [9.17, 15) is 4.79 Å². The number of carbonyl (C=O) groups excluding carboxylic acids is 1. The maximum Gasteiger partial charge on any atom is 0.139 e. The van der Waals surface area contributed by atoms with Crippen LogP contribution in [0.3, 0.4) is 0 Å². The van der Waals surface area contributed by atoms with Crippen LogP contribution in [0.4, 0.5) is 0 Å². The maximum absolute atomic E-state index is 12.9. The van der Waals surface area contributed by atoms with Crippen molar-refractivity contribution in [2.75, 3.05) is 0 Å². The van der Waals surface area contributed by atoms with Crippen molar-refractivity contribution >= 4 is 5.78 Å². The van der Waals surface area contributed by atoms with E-state index in [4.69, 9.17) is 0 Å². The predicted octanol–water partition coefficient (Wildman–Crippen LogP) is 5.23. The van der Waals surface area contributed by atoms with Crippen LogP contribution < -0.4 is 0 Å². The second kappa shape index (κ2) is 6.20. The fourth-order valence-electron chi connectivity index (χ4n) is 5.86. The number of hydrogen-bond acceptors (Lipinski definition) is 1. The van der Waals surface area contributed by atoms with Gasteiger partial charge in [0, 0.05) is 11.8 Å². The topological polar surface area (TPSA) is 17.1 Å². The molecule has 0 saturated heterocycles. The molecule has 3 fully saturated rings. The number of fused-ring (bicyclic) bond motifs is 3. The van der Waals surface area contributed by atoms with Crippen molar-refractivity contribution in [2.24, 2.45) is 35.5 Å². The summed E-state index contributed by atoms with van der Waals surface area (Å²) in [4.78, 5) is 12.9. The lowest BCUT2D eigenvalue weighted by atomic mass is 9.68. The second-order valence-corrected chi connectivity index (χ2v) is 7.88. The van der Waals surface area contributed by atoms with Crippen LogP contribution in [0.2, 0.25) is 0 Å². The first kappa shape index (κ1) is 14.6. The van der Waals surface area contributed by atoms with E-state index in [1.807, 2.05) is 0 Å². The molecule has 1 heteroatoms. The molecule has 1 nitrogen and oxygen atoms in total. The van der Waals surface area contributed by atoms with Crippen molar-refractivity contribution < 1.29 is 4.79 Å². The quantitative estimate of drug-likeness (QED) is 0.686. The average molecular weight is 276 g/mol. The summed E-state index contributed by atoms with van der Waals surface area (Å²) in [6.07, 6.45) is 13.3. The van der Waals surface area contributed by atoms with E-state index in [0.29, 0.717) is 17.6 Å². The molecule has 20 heavy (non-hydrogen) atoms. The molecule has 6 atom stereocenters. The summed E-state index contributed by atoms with van der Waals surface area (Å²) in [7, 11) is 0. The molecular weight excluding hydrogens is 244 g/mol. The van der Waals surface area contributed by atoms with Gasteiger partial charge in [-0.05, 0) is 49.4 Å². The molecular formula is C19H32O. The van der Waals surface area contributed by atoms with Crippen LogP contribution in [-0.4, -0.2) is 5.78 Å². The molecule has 0 aromatic rings. The Morgan fingerprint density at radius 2 is 1.25 bits per heavy atom. The van der Waals surface area contributed by atoms with Gasteiger partial charge in [-0.3, -0.25) is 4.79 Å². The number of hydrogen-bond donors (Lipinski definition) is 0.